The zero-order chi connectivity index (χ0) is 32.3. The first-order valence-electron chi connectivity index (χ1n) is 15.2. The third kappa shape index (κ3) is 6.10. The van der Waals surface area contributed by atoms with Crippen LogP contribution in [0.15, 0.2) is 141 Å². The number of carbonyl (C=O) groups excluding carboxylic acids is 1. The number of hydrogen-bond acceptors (Lipinski definition) is 6. The molecular weight excluding hydrogens is 672 g/mol. The molecule has 0 bridgehead atoms. The SMILES string of the molecule is CCOC(=O)C1=C(c2ccccc2)N=c2s/c(=C\c3ccc(OCc4cccc5ccccc45)c(Br)c3)c(=O)n2[C@H]1c1ccccc1. The van der Waals surface area contributed by atoms with Gasteiger partial charge in [0.1, 0.15) is 12.4 Å². The zero-order valence-corrected chi connectivity index (χ0v) is 27.8. The molecule has 0 amide bonds. The first kappa shape index (κ1) is 30.6. The second kappa shape index (κ2) is 13.4. The Labute approximate surface area is 283 Å². The molecule has 5 aromatic carbocycles. The normalized spacial score (nSPS) is 14.5. The number of hydrogen-bond donors (Lipinski definition) is 0. The number of benzene rings is 5. The van der Waals surface area contributed by atoms with Crippen LogP contribution < -0.4 is 19.6 Å². The largest absolute Gasteiger partial charge is 0.488 e. The van der Waals surface area contributed by atoms with E-state index in [2.05, 4.69) is 40.2 Å². The number of halogens is 1. The third-order valence-electron chi connectivity index (χ3n) is 8.01. The molecule has 8 heteroatoms. The van der Waals surface area contributed by atoms with Crippen molar-refractivity contribution in [3.05, 3.63) is 173 Å². The molecule has 0 saturated carbocycles. The minimum absolute atomic E-state index is 0.201. The van der Waals surface area contributed by atoms with Gasteiger partial charge in [0.2, 0.25) is 0 Å². The molecule has 6 aromatic rings. The van der Waals surface area contributed by atoms with E-state index >= 15 is 0 Å². The molecule has 7 rings (SSSR count). The van der Waals surface area contributed by atoms with E-state index in [1.807, 2.05) is 103 Å². The summed E-state index contributed by atoms with van der Waals surface area (Å²) < 4.78 is 14.6. The van der Waals surface area contributed by atoms with Gasteiger partial charge in [-0.15, -0.1) is 0 Å². The summed E-state index contributed by atoms with van der Waals surface area (Å²) in [5.74, 6) is 0.202. The maximum atomic E-state index is 14.2. The van der Waals surface area contributed by atoms with Crippen molar-refractivity contribution in [2.75, 3.05) is 6.61 Å². The highest BCUT2D eigenvalue weighted by Gasteiger charge is 2.35. The lowest BCUT2D eigenvalue weighted by Gasteiger charge is -2.25. The number of esters is 1. The summed E-state index contributed by atoms with van der Waals surface area (Å²) in [5.41, 5.74) is 4.09. The lowest BCUT2D eigenvalue weighted by atomic mass is 9.93. The number of fused-ring (bicyclic) bond motifs is 2. The fraction of sp³-hybridized carbons (Fsp3) is 0.103. The fourth-order valence-corrected chi connectivity index (χ4v) is 7.35. The molecule has 1 atom stereocenters. The minimum Gasteiger partial charge on any atom is -0.488 e. The number of thiazole rings is 1. The lowest BCUT2D eigenvalue weighted by molar-refractivity contribution is -0.138. The van der Waals surface area contributed by atoms with Gasteiger partial charge in [0.15, 0.2) is 4.80 Å². The zero-order valence-electron chi connectivity index (χ0n) is 25.4. The highest BCUT2D eigenvalue weighted by molar-refractivity contribution is 9.10. The van der Waals surface area contributed by atoms with Crippen LogP contribution in [0.2, 0.25) is 0 Å². The Balaban J connectivity index is 1.29. The van der Waals surface area contributed by atoms with Gasteiger partial charge in [-0.2, -0.15) is 0 Å². The molecule has 0 radical (unpaired) electrons. The number of aromatic nitrogens is 1. The van der Waals surface area contributed by atoms with Gasteiger partial charge in [0.05, 0.1) is 32.9 Å². The number of ether oxygens (including phenoxy) is 2. The summed E-state index contributed by atoms with van der Waals surface area (Å²) in [5, 5.41) is 2.33. The highest BCUT2D eigenvalue weighted by atomic mass is 79.9. The second-order valence-electron chi connectivity index (χ2n) is 11.0. The number of carbonyl (C=O) groups is 1. The summed E-state index contributed by atoms with van der Waals surface area (Å²) in [7, 11) is 0. The number of rotatable bonds is 8. The maximum Gasteiger partial charge on any atom is 0.338 e. The Morgan fingerprint density at radius 3 is 2.40 bits per heavy atom. The quantitative estimate of drug-likeness (QED) is 0.155. The van der Waals surface area contributed by atoms with Crippen molar-refractivity contribution in [3.8, 4) is 5.75 Å². The summed E-state index contributed by atoms with van der Waals surface area (Å²) in [4.78, 5) is 33.2. The molecule has 232 valence electrons. The molecule has 6 nitrogen and oxygen atoms in total. The fourth-order valence-electron chi connectivity index (χ4n) is 5.84. The van der Waals surface area contributed by atoms with Crippen LogP contribution in [0.3, 0.4) is 0 Å². The van der Waals surface area contributed by atoms with Crippen molar-refractivity contribution in [1.82, 2.24) is 4.57 Å². The van der Waals surface area contributed by atoms with Gasteiger partial charge >= 0.3 is 5.97 Å². The Kier molecular flexibility index (Phi) is 8.70. The van der Waals surface area contributed by atoms with Gasteiger partial charge in [0.25, 0.3) is 5.56 Å². The van der Waals surface area contributed by atoms with Crippen LogP contribution in [0.5, 0.6) is 5.75 Å². The van der Waals surface area contributed by atoms with Gasteiger partial charge in [-0.1, -0.05) is 121 Å². The molecule has 0 aliphatic carbocycles. The molecular formula is C39H29BrN2O4S. The second-order valence-corrected chi connectivity index (χ2v) is 12.8. The summed E-state index contributed by atoms with van der Waals surface area (Å²) in [6.45, 7) is 2.39. The molecule has 0 unspecified atom stereocenters. The Morgan fingerprint density at radius 2 is 1.64 bits per heavy atom. The first-order valence-corrected chi connectivity index (χ1v) is 16.8. The molecule has 47 heavy (non-hydrogen) atoms. The molecule has 1 aromatic heterocycles. The van der Waals surface area contributed by atoms with E-state index in [4.69, 9.17) is 14.5 Å². The third-order valence-corrected chi connectivity index (χ3v) is 9.61. The predicted octanol–water partition coefficient (Wildman–Crippen LogP) is 7.43. The van der Waals surface area contributed by atoms with Crippen molar-refractivity contribution in [1.29, 1.82) is 0 Å². The average Bonchev–Trinajstić information content (AvgIpc) is 3.41. The van der Waals surface area contributed by atoms with E-state index in [-0.39, 0.29) is 12.2 Å². The Bertz CT molecular complexity index is 2320. The van der Waals surface area contributed by atoms with E-state index in [9.17, 15) is 9.59 Å². The van der Waals surface area contributed by atoms with E-state index in [1.165, 1.54) is 16.7 Å². The maximum absolute atomic E-state index is 14.2. The van der Waals surface area contributed by atoms with Crippen LogP contribution >= 0.6 is 27.3 Å². The lowest BCUT2D eigenvalue weighted by Crippen LogP contribution is -2.39. The van der Waals surface area contributed by atoms with Gasteiger partial charge < -0.3 is 9.47 Å². The highest BCUT2D eigenvalue weighted by Crippen LogP contribution is 2.35. The van der Waals surface area contributed by atoms with Gasteiger partial charge in [-0.25, -0.2) is 9.79 Å². The van der Waals surface area contributed by atoms with E-state index in [0.29, 0.717) is 33.0 Å². The Morgan fingerprint density at radius 1 is 0.915 bits per heavy atom. The smallest absolute Gasteiger partial charge is 0.338 e. The molecule has 0 saturated heterocycles. The van der Waals surface area contributed by atoms with E-state index in [0.717, 1.165) is 32.1 Å². The standard InChI is InChI=1S/C39H29BrN2O4S/c1-2-45-38(44)34-35(27-13-5-3-6-14-27)41-39-42(36(34)28-15-7-4-8-16-28)37(43)33(47-39)23-25-20-21-32(31(40)22-25)46-24-29-18-11-17-26-12-9-10-19-30(26)29/h3-23,36H,2,24H2,1H3/b33-23-/t36-/m0/s1. The van der Waals surface area contributed by atoms with Crippen molar-refractivity contribution < 1.29 is 14.3 Å². The molecule has 0 fully saturated rings. The molecule has 0 spiro atoms. The first-order chi connectivity index (χ1) is 23.0. The van der Waals surface area contributed by atoms with Gasteiger partial charge in [-0.3, -0.25) is 9.36 Å². The van der Waals surface area contributed by atoms with Gasteiger partial charge in [0, 0.05) is 5.56 Å². The van der Waals surface area contributed by atoms with Crippen LogP contribution in [-0.4, -0.2) is 17.1 Å². The monoisotopic (exact) mass is 700 g/mol. The minimum atomic E-state index is -0.708. The van der Waals surface area contributed by atoms with Crippen LogP contribution in [0.25, 0.3) is 22.5 Å². The van der Waals surface area contributed by atoms with Crippen LogP contribution in [0, 0.1) is 0 Å². The van der Waals surface area contributed by atoms with E-state index in [1.54, 1.807) is 11.5 Å². The van der Waals surface area contributed by atoms with Crippen molar-refractivity contribution in [2.45, 2.75) is 19.6 Å². The molecule has 2 heterocycles. The molecule has 1 aliphatic rings. The average molecular weight is 702 g/mol. The molecule has 0 N–H and O–H groups in total. The van der Waals surface area contributed by atoms with Crippen molar-refractivity contribution in [2.24, 2.45) is 4.99 Å². The van der Waals surface area contributed by atoms with E-state index < -0.39 is 12.0 Å². The van der Waals surface area contributed by atoms with Crippen molar-refractivity contribution in [3.63, 3.8) is 0 Å². The topological polar surface area (TPSA) is 69.9 Å². The predicted molar refractivity (Wildman–Crippen MR) is 190 cm³/mol. The molecule has 1 aliphatic heterocycles. The van der Waals surface area contributed by atoms with Crippen molar-refractivity contribution >= 4 is 55.8 Å². The van der Waals surface area contributed by atoms with Crippen LogP contribution in [0.1, 0.15) is 35.2 Å². The summed E-state index contributed by atoms with van der Waals surface area (Å²) in [6, 6.07) is 38.6. The number of nitrogens with zero attached hydrogens (tertiary/aromatic N) is 2. The van der Waals surface area contributed by atoms with Crippen LogP contribution in [-0.2, 0) is 16.1 Å². The van der Waals surface area contributed by atoms with Gasteiger partial charge in [-0.05, 0) is 68.5 Å². The summed E-state index contributed by atoms with van der Waals surface area (Å²) >= 11 is 4.97. The Hall–Kier alpha value is -5.05. The van der Waals surface area contributed by atoms with Crippen LogP contribution in [0.4, 0.5) is 0 Å². The summed E-state index contributed by atoms with van der Waals surface area (Å²) in [6.07, 6.45) is 1.85.